The Balaban J connectivity index is 1.87. The van der Waals surface area contributed by atoms with Gasteiger partial charge in [-0.1, -0.05) is 60.7 Å². The molecule has 1 atom stereocenters. The molecule has 0 saturated carbocycles. The number of para-hydroxylation sites is 1. The molecule has 3 aromatic carbocycles. The average Bonchev–Trinajstić information content (AvgIpc) is 2.84. The molecule has 0 aliphatic carbocycles. The van der Waals surface area contributed by atoms with Crippen LogP contribution in [0.3, 0.4) is 0 Å². The summed E-state index contributed by atoms with van der Waals surface area (Å²) in [4.78, 5) is 28.1. The predicted octanol–water partition coefficient (Wildman–Crippen LogP) is 3.60. The first-order valence-electron chi connectivity index (χ1n) is 10.8. The molecular weight excluding hydrogens is 450 g/mol. The van der Waals surface area contributed by atoms with E-state index >= 15 is 0 Å². The van der Waals surface area contributed by atoms with E-state index in [4.69, 9.17) is 5.73 Å². The molecule has 3 rings (SSSR count). The fraction of sp³-hybridized carbons (Fsp3) is 0.154. The number of anilines is 2. The van der Waals surface area contributed by atoms with Gasteiger partial charge in [0.05, 0.1) is 5.41 Å². The zero-order valence-corrected chi connectivity index (χ0v) is 19.6. The first kappa shape index (κ1) is 24.7. The molecule has 2 amide bonds. The van der Waals surface area contributed by atoms with Crippen molar-refractivity contribution in [3.05, 3.63) is 101 Å². The summed E-state index contributed by atoms with van der Waals surface area (Å²) >= 11 is 0. The maximum atomic E-state index is 13.5. The van der Waals surface area contributed by atoms with Crippen molar-refractivity contribution in [2.75, 3.05) is 17.2 Å². The summed E-state index contributed by atoms with van der Waals surface area (Å²) in [5, 5.41) is 0.916. The van der Waals surface area contributed by atoms with Gasteiger partial charge in [0.15, 0.2) is 0 Å². The summed E-state index contributed by atoms with van der Waals surface area (Å²) in [6.45, 7) is 2.11. The summed E-state index contributed by atoms with van der Waals surface area (Å²) in [6, 6.07) is 24.5. The van der Waals surface area contributed by atoms with Gasteiger partial charge in [-0.3, -0.25) is 9.59 Å². The van der Waals surface area contributed by atoms with Crippen LogP contribution in [0.4, 0.5) is 11.4 Å². The van der Waals surface area contributed by atoms with Gasteiger partial charge < -0.3 is 10.6 Å². The van der Waals surface area contributed by atoms with Gasteiger partial charge in [-0.15, -0.1) is 0 Å². The highest BCUT2D eigenvalue weighted by Crippen LogP contribution is 2.20. The largest absolute Gasteiger partial charge is 0.399 e. The predicted molar refractivity (Wildman–Crippen MR) is 135 cm³/mol. The van der Waals surface area contributed by atoms with E-state index in [-0.39, 0.29) is 6.42 Å². The lowest BCUT2D eigenvalue weighted by molar-refractivity contribution is -0.132. The number of nitrogens with two attached hydrogens (primary N) is 1. The standard InChI is InChI=1S/C26H27N3O4S/c1-2-29(23-11-7-4-8-12-23)26(31)24(19-21-13-15-22(27)16-14-21)25(30)28-34(32,33)18-17-20-9-5-3-6-10-20/h3-18,24H,2,19,27H2,1H3,(H,28,30)/b18-17+. The Morgan fingerprint density at radius 3 is 2.12 bits per heavy atom. The van der Waals surface area contributed by atoms with Crippen LogP contribution in [-0.2, 0) is 26.0 Å². The number of sulfonamides is 1. The van der Waals surface area contributed by atoms with Crippen molar-refractivity contribution in [3.8, 4) is 0 Å². The average molecular weight is 478 g/mol. The molecule has 176 valence electrons. The minimum atomic E-state index is -4.12. The van der Waals surface area contributed by atoms with E-state index in [1.54, 1.807) is 79.7 Å². The molecule has 3 N–H and O–H groups in total. The molecule has 0 radical (unpaired) electrons. The van der Waals surface area contributed by atoms with Crippen LogP contribution < -0.4 is 15.4 Å². The van der Waals surface area contributed by atoms with Gasteiger partial charge in [0.25, 0.3) is 10.0 Å². The number of benzene rings is 3. The highest BCUT2D eigenvalue weighted by Gasteiger charge is 2.33. The van der Waals surface area contributed by atoms with E-state index in [1.807, 2.05) is 16.9 Å². The number of hydrogen-bond donors (Lipinski definition) is 2. The van der Waals surface area contributed by atoms with Crippen LogP contribution in [0.5, 0.6) is 0 Å². The van der Waals surface area contributed by atoms with Crippen LogP contribution in [-0.4, -0.2) is 26.8 Å². The zero-order valence-electron chi connectivity index (χ0n) is 18.8. The van der Waals surface area contributed by atoms with E-state index in [0.29, 0.717) is 29.0 Å². The van der Waals surface area contributed by atoms with Crippen LogP contribution in [0.15, 0.2) is 90.3 Å². The topological polar surface area (TPSA) is 110 Å². The number of amides is 2. The first-order chi connectivity index (χ1) is 16.3. The third kappa shape index (κ3) is 6.79. The lowest BCUT2D eigenvalue weighted by atomic mass is 9.96. The maximum Gasteiger partial charge on any atom is 0.257 e. The number of carbonyl (C=O) groups excluding carboxylic acids is 2. The van der Waals surface area contributed by atoms with Crippen molar-refractivity contribution in [1.82, 2.24) is 4.72 Å². The molecule has 8 heteroatoms. The van der Waals surface area contributed by atoms with Gasteiger partial charge in [-0.25, -0.2) is 13.1 Å². The number of nitrogen functional groups attached to an aromatic ring is 1. The monoisotopic (exact) mass is 477 g/mol. The fourth-order valence-electron chi connectivity index (χ4n) is 3.42. The van der Waals surface area contributed by atoms with Gasteiger partial charge in [0, 0.05) is 17.9 Å². The van der Waals surface area contributed by atoms with Crippen LogP contribution in [0, 0.1) is 5.92 Å². The zero-order chi connectivity index (χ0) is 24.6. The fourth-order valence-corrected chi connectivity index (χ4v) is 4.25. The van der Waals surface area contributed by atoms with Gasteiger partial charge in [0.2, 0.25) is 11.8 Å². The number of nitrogens with one attached hydrogen (secondary N) is 1. The van der Waals surface area contributed by atoms with Gasteiger partial charge >= 0.3 is 0 Å². The molecule has 7 nitrogen and oxygen atoms in total. The second-order valence-electron chi connectivity index (χ2n) is 7.64. The van der Waals surface area contributed by atoms with Crippen molar-refractivity contribution < 1.29 is 18.0 Å². The van der Waals surface area contributed by atoms with Crippen molar-refractivity contribution in [3.63, 3.8) is 0 Å². The van der Waals surface area contributed by atoms with E-state index in [0.717, 1.165) is 5.41 Å². The third-order valence-corrected chi connectivity index (χ3v) is 6.15. The van der Waals surface area contributed by atoms with E-state index in [2.05, 4.69) is 0 Å². The number of hydrogen-bond acceptors (Lipinski definition) is 5. The molecule has 3 aromatic rings. The maximum absolute atomic E-state index is 13.5. The Kier molecular flexibility index (Phi) is 8.21. The van der Waals surface area contributed by atoms with E-state index < -0.39 is 27.8 Å². The van der Waals surface area contributed by atoms with Crippen molar-refractivity contribution in [2.45, 2.75) is 13.3 Å². The smallest absolute Gasteiger partial charge is 0.257 e. The summed E-state index contributed by atoms with van der Waals surface area (Å²) in [5.41, 5.74) is 8.26. The normalized spacial score (nSPS) is 12.3. The number of carbonyl (C=O) groups is 2. The minimum absolute atomic E-state index is 0.0200. The minimum Gasteiger partial charge on any atom is -0.399 e. The molecule has 0 saturated heterocycles. The van der Waals surface area contributed by atoms with Gasteiger partial charge in [-0.2, -0.15) is 0 Å². The Morgan fingerprint density at radius 1 is 0.941 bits per heavy atom. The van der Waals surface area contributed by atoms with Gasteiger partial charge in [0.1, 0.15) is 5.92 Å². The Labute approximate surface area is 200 Å². The number of rotatable bonds is 9. The molecule has 0 spiro atoms. The van der Waals surface area contributed by atoms with Gasteiger partial charge in [-0.05, 0) is 54.8 Å². The molecular formula is C26H27N3O4S. The number of nitrogens with zero attached hydrogens (tertiary/aromatic N) is 1. The summed E-state index contributed by atoms with van der Waals surface area (Å²) in [7, 11) is -4.12. The Hall–Kier alpha value is -3.91. The quantitative estimate of drug-likeness (QED) is 0.362. The summed E-state index contributed by atoms with van der Waals surface area (Å²) in [6.07, 6.45) is 1.40. The molecule has 1 unspecified atom stereocenters. The SMILES string of the molecule is CCN(C(=O)C(Cc1ccc(N)cc1)C(=O)NS(=O)(=O)/C=C/c1ccccc1)c1ccccc1. The summed E-state index contributed by atoms with van der Waals surface area (Å²) < 4.78 is 27.2. The van der Waals surface area contributed by atoms with Crippen LogP contribution in [0.25, 0.3) is 6.08 Å². The highest BCUT2D eigenvalue weighted by molar-refractivity contribution is 7.93. The summed E-state index contributed by atoms with van der Waals surface area (Å²) in [5.74, 6) is -2.65. The molecule has 34 heavy (non-hydrogen) atoms. The Morgan fingerprint density at radius 2 is 1.53 bits per heavy atom. The highest BCUT2D eigenvalue weighted by atomic mass is 32.2. The third-order valence-electron chi connectivity index (χ3n) is 5.17. The lowest BCUT2D eigenvalue weighted by Crippen LogP contribution is -2.46. The molecule has 0 aliphatic heterocycles. The second kappa shape index (κ2) is 11.3. The van der Waals surface area contributed by atoms with Crippen molar-refractivity contribution >= 4 is 39.3 Å². The van der Waals surface area contributed by atoms with Crippen LogP contribution in [0.1, 0.15) is 18.1 Å². The molecule has 0 bridgehead atoms. The lowest BCUT2D eigenvalue weighted by Gasteiger charge is -2.26. The van der Waals surface area contributed by atoms with Crippen molar-refractivity contribution in [2.24, 2.45) is 5.92 Å². The first-order valence-corrected chi connectivity index (χ1v) is 12.3. The molecule has 0 aliphatic rings. The van der Waals surface area contributed by atoms with Crippen LogP contribution in [0.2, 0.25) is 0 Å². The van der Waals surface area contributed by atoms with Crippen LogP contribution >= 0.6 is 0 Å². The van der Waals surface area contributed by atoms with E-state index in [1.165, 1.54) is 11.0 Å². The Bertz CT molecular complexity index is 1240. The molecule has 0 heterocycles. The second-order valence-corrected chi connectivity index (χ2v) is 9.21. The molecule has 0 fully saturated rings. The van der Waals surface area contributed by atoms with Crippen molar-refractivity contribution in [1.29, 1.82) is 0 Å². The van der Waals surface area contributed by atoms with E-state index in [9.17, 15) is 18.0 Å². The molecule has 0 aromatic heterocycles.